The third-order valence-electron chi connectivity index (χ3n) is 5.54. The van der Waals surface area contributed by atoms with Gasteiger partial charge in [0, 0.05) is 11.4 Å². The average Bonchev–Trinajstić information content (AvgIpc) is 3.30. The van der Waals surface area contributed by atoms with Crippen LogP contribution in [0.25, 0.3) is 22.6 Å². The molecule has 3 amide bonds. The molecule has 0 fully saturated rings. The summed E-state index contributed by atoms with van der Waals surface area (Å²) < 4.78 is 11.0. The zero-order valence-corrected chi connectivity index (χ0v) is 19.4. The molecule has 1 aromatic carbocycles. The normalized spacial score (nSPS) is 15.1. The van der Waals surface area contributed by atoms with Gasteiger partial charge in [-0.1, -0.05) is 18.2 Å². The van der Waals surface area contributed by atoms with Crippen LogP contribution >= 0.6 is 0 Å². The molecule has 0 saturated heterocycles. The maximum absolute atomic E-state index is 13.4. The van der Waals surface area contributed by atoms with E-state index in [0.29, 0.717) is 28.6 Å². The molecule has 2 N–H and O–H groups in total. The zero-order chi connectivity index (χ0) is 24.2. The minimum atomic E-state index is -1.16. The zero-order valence-electron chi connectivity index (χ0n) is 19.4. The molecule has 0 aliphatic heterocycles. The Labute approximate surface area is 197 Å². The predicted molar refractivity (Wildman–Crippen MR) is 128 cm³/mol. The summed E-state index contributed by atoms with van der Waals surface area (Å²) in [5, 5.41) is 5.43. The monoisotopic (exact) mass is 461 g/mol. The number of carbonyl (C=O) groups excluding carboxylic acids is 3. The highest BCUT2D eigenvalue weighted by molar-refractivity contribution is 6.07. The number of ether oxygens (including phenoxy) is 1. The van der Waals surface area contributed by atoms with Gasteiger partial charge in [-0.3, -0.25) is 10.1 Å². The lowest BCUT2D eigenvalue weighted by atomic mass is 9.86. The molecule has 1 atom stereocenters. The Morgan fingerprint density at radius 1 is 1.09 bits per heavy atom. The van der Waals surface area contributed by atoms with Gasteiger partial charge in [0.1, 0.15) is 5.76 Å². The molecule has 1 aliphatic rings. The molecule has 1 aliphatic carbocycles. The summed E-state index contributed by atoms with van der Waals surface area (Å²) >= 11 is 0. The first kappa shape index (κ1) is 23.2. The van der Waals surface area contributed by atoms with Gasteiger partial charge in [0.05, 0.1) is 23.0 Å². The molecule has 8 nitrogen and oxygen atoms in total. The number of nitrogens with one attached hydrogen (secondary N) is 2. The number of benzene rings is 1. The molecule has 1 unspecified atom stereocenters. The summed E-state index contributed by atoms with van der Waals surface area (Å²) in [5.74, 6) is -0.606. The van der Waals surface area contributed by atoms with Gasteiger partial charge in [-0.05, 0) is 75.4 Å². The number of esters is 1. The highest BCUT2D eigenvalue weighted by Crippen LogP contribution is 2.36. The molecular formula is C26H27N3O5. The molecule has 0 spiro atoms. The van der Waals surface area contributed by atoms with Crippen LogP contribution in [0.2, 0.25) is 0 Å². The molecular weight excluding hydrogens is 434 g/mol. The lowest BCUT2D eigenvalue weighted by Crippen LogP contribution is -2.46. The number of furan rings is 1. The van der Waals surface area contributed by atoms with Gasteiger partial charge in [0.2, 0.25) is 0 Å². The predicted octanol–water partition coefficient (Wildman–Crippen LogP) is 4.48. The fourth-order valence-corrected chi connectivity index (χ4v) is 4.04. The number of amides is 3. The number of hydrogen-bond acceptors (Lipinski definition) is 6. The number of carbonyl (C=O) groups is 3. The van der Waals surface area contributed by atoms with Crippen LogP contribution in [-0.2, 0) is 16.0 Å². The van der Waals surface area contributed by atoms with Crippen LogP contribution in [-0.4, -0.2) is 35.0 Å². The second-order valence-electron chi connectivity index (χ2n) is 8.53. The van der Waals surface area contributed by atoms with Gasteiger partial charge in [-0.25, -0.2) is 14.6 Å². The van der Waals surface area contributed by atoms with E-state index in [1.54, 1.807) is 20.1 Å². The number of allylic oxidation sites excluding steroid dienone is 1. The smallest absolute Gasteiger partial charge is 0.339 e. The summed E-state index contributed by atoms with van der Waals surface area (Å²) in [6.45, 7) is 4.99. The third-order valence-corrected chi connectivity index (χ3v) is 5.54. The Hall–Kier alpha value is -3.94. The van der Waals surface area contributed by atoms with Crippen molar-refractivity contribution in [3.63, 3.8) is 0 Å². The van der Waals surface area contributed by atoms with Crippen molar-refractivity contribution in [3.05, 3.63) is 65.2 Å². The molecule has 2 aromatic heterocycles. The fourth-order valence-electron chi connectivity index (χ4n) is 4.04. The molecule has 0 radical (unpaired) electrons. The van der Waals surface area contributed by atoms with Crippen molar-refractivity contribution < 1.29 is 23.5 Å². The molecule has 8 heteroatoms. The van der Waals surface area contributed by atoms with Crippen LogP contribution in [0, 0.1) is 0 Å². The summed E-state index contributed by atoms with van der Waals surface area (Å²) in [5.41, 5.74) is 3.57. The van der Waals surface area contributed by atoms with Crippen LogP contribution < -0.4 is 10.6 Å². The second kappa shape index (κ2) is 9.91. The first-order valence-corrected chi connectivity index (χ1v) is 11.3. The summed E-state index contributed by atoms with van der Waals surface area (Å²) in [6, 6.07) is 10.3. The summed E-state index contributed by atoms with van der Waals surface area (Å²) in [7, 11) is 0. The van der Waals surface area contributed by atoms with E-state index in [1.807, 2.05) is 42.5 Å². The molecule has 0 saturated carbocycles. The van der Waals surface area contributed by atoms with Crippen LogP contribution in [0.3, 0.4) is 0 Å². The van der Waals surface area contributed by atoms with Crippen molar-refractivity contribution in [2.24, 2.45) is 0 Å². The van der Waals surface area contributed by atoms with Crippen LogP contribution in [0.5, 0.6) is 0 Å². The van der Waals surface area contributed by atoms with Gasteiger partial charge in [0.15, 0.2) is 6.10 Å². The van der Waals surface area contributed by atoms with E-state index in [1.165, 1.54) is 6.92 Å². The number of aromatic nitrogens is 1. The van der Waals surface area contributed by atoms with Crippen molar-refractivity contribution >= 4 is 40.5 Å². The Bertz CT molecular complexity index is 1260. The van der Waals surface area contributed by atoms with E-state index in [0.717, 1.165) is 29.7 Å². The van der Waals surface area contributed by atoms with Gasteiger partial charge < -0.3 is 14.5 Å². The Morgan fingerprint density at radius 2 is 1.88 bits per heavy atom. The lowest BCUT2D eigenvalue weighted by molar-refractivity contribution is -0.127. The van der Waals surface area contributed by atoms with Gasteiger partial charge in [-0.2, -0.15) is 0 Å². The summed E-state index contributed by atoms with van der Waals surface area (Å²) in [4.78, 5) is 42.5. The van der Waals surface area contributed by atoms with E-state index in [-0.39, 0.29) is 6.04 Å². The number of pyridine rings is 1. The number of nitrogens with zero attached hydrogens (tertiary/aromatic N) is 1. The Morgan fingerprint density at radius 3 is 2.62 bits per heavy atom. The molecule has 3 aromatic rings. The van der Waals surface area contributed by atoms with Gasteiger partial charge >= 0.3 is 12.0 Å². The van der Waals surface area contributed by atoms with Crippen molar-refractivity contribution in [2.45, 2.75) is 52.2 Å². The standard InChI is InChI=1S/C26H27N3O5/c1-15(2)27-26(32)29-24(30)16(3)34-25(31)22-19-10-4-5-12-21(19)28-23-17(8-6-11-20(22)23)14-18-9-7-13-33-18/h4-5,7,9-10,12-16H,6,8,11H2,1-3H3,(H2,27,29,30,32)/b17-14+. The summed E-state index contributed by atoms with van der Waals surface area (Å²) in [6.07, 6.45) is 4.70. The molecule has 2 heterocycles. The van der Waals surface area contributed by atoms with Crippen LogP contribution in [0.15, 0.2) is 47.1 Å². The lowest BCUT2D eigenvalue weighted by Gasteiger charge is -2.23. The molecule has 34 heavy (non-hydrogen) atoms. The quantitative estimate of drug-likeness (QED) is 0.542. The van der Waals surface area contributed by atoms with Crippen LogP contribution in [0.4, 0.5) is 4.79 Å². The van der Waals surface area contributed by atoms with Crippen molar-refractivity contribution in [3.8, 4) is 0 Å². The maximum atomic E-state index is 13.4. The minimum absolute atomic E-state index is 0.135. The highest BCUT2D eigenvalue weighted by Gasteiger charge is 2.28. The van der Waals surface area contributed by atoms with E-state index in [9.17, 15) is 14.4 Å². The fraction of sp³-hybridized carbons (Fsp3) is 0.308. The Kier molecular flexibility index (Phi) is 6.77. The first-order chi connectivity index (χ1) is 16.3. The second-order valence-corrected chi connectivity index (χ2v) is 8.53. The van der Waals surface area contributed by atoms with Crippen molar-refractivity contribution in [1.82, 2.24) is 15.6 Å². The highest BCUT2D eigenvalue weighted by atomic mass is 16.5. The number of imide groups is 1. The third kappa shape index (κ3) is 5.01. The largest absolute Gasteiger partial charge is 0.465 e. The number of rotatable bonds is 5. The number of hydrogen-bond donors (Lipinski definition) is 2. The molecule has 0 bridgehead atoms. The van der Waals surface area contributed by atoms with Crippen LogP contribution in [0.1, 0.15) is 61.0 Å². The SMILES string of the molecule is CC(C)NC(=O)NC(=O)C(C)OC(=O)c1c2c(nc3ccccc13)/C(=C/c1ccco1)CCC2. The van der Waals surface area contributed by atoms with Gasteiger partial charge in [0.25, 0.3) is 5.91 Å². The van der Waals surface area contributed by atoms with Crippen molar-refractivity contribution in [2.75, 3.05) is 0 Å². The first-order valence-electron chi connectivity index (χ1n) is 11.3. The topological polar surface area (TPSA) is 111 Å². The number of urea groups is 1. The van der Waals surface area contributed by atoms with E-state index in [2.05, 4.69) is 10.6 Å². The average molecular weight is 462 g/mol. The van der Waals surface area contributed by atoms with Crippen molar-refractivity contribution in [1.29, 1.82) is 0 Å². The Balaban J connectivity index is 1.67. The minimum Gasteiger partial charge on any atom is -0.465 e. The van der Waals surface area contributed by atoms with E-state index in [4.69, 9.17) is 14.1 Å². The molecule has 4 rings (SSSR count). The van der Waals surface area contributed by atoms with Gasteiger partial charge in [-0.15, -0.1) is 0 Å². The molecule has 176 valence electrons. The maximum Gasteiger partial charge on any atom is 0.339 e. The van der Waals surface area contributed by atoms with E-state index < -0.39 is 24.0 Å². The number of fused-ring (bicyclic) bond motifs is 2. The number of para-hydroxylation sites is 1. The van der Waals surface area contributed by atoms with E-state index >= 15 is 0 Å².